The molecule has 6 nitrogen and oxygen atoms in total. The van der Waals surface area contributed by atoms with E-state index in [4.69, 9.17) is 10.7 Å². The van der Waals surface area contributed by atoms with Crippen LogP contribution in [0.25, 0.3) is 11.2 Å². The summed E-state index contributed by atoms with van der Waals surface area (Å²) in [5.74, 6) is 1.48. The highest BCUT2D eigenvalue weighted by Crippen LogP contribution is 2.24. The average molecular weight is 331 g/mol. The zero-order valence-corrected chi connectivity index (χ0v) is 15.2. The fraction of sp³-hybridized carbons (Fsp3) is 0.667. The zero-order chi connectivity index (χ0) is 17.5. The van der Waals surface area contributed by atoms with Gasteiger partial charge in [-0.15, -0.1) is 0 Å². The summed E-state index contributed by atoms with van der Waals surface area (Å²) in [6.07, 6.45) is 2.33. The van der Waals surface area contributed by atoms with Crippen LogP contribution in [0.15, 0.2) is 16.9 Å². The molecule has 1 aliphatic rings. The lowest BCUT2D eigenvalue weighted by Crippen LogP contribution is -2.38. The Balaban J connectivity index is 2.00. The van der Waals surface area contributed by atoms with Crippen molar-refractivity contribution in [1.82, 2.24) is 14.1 Å². The predicted octanol–water partition coefficient (Wildman–Crippen LogP) is 1.96. The molecule has 2 aromatic rings. The lowest BCUT2D eigenvalue weighted by molar-refractivity contribution is 0.342. The van der Waals surface area contributed by atoms with Crippen molar-refractivity contribution in [3.63, 3.8) is 0 Å². The van der Waals surface area contributed by atoms with E-state index in [0.29, 0.717) is 12.5 Å². The molecule has 0 aliphatic carbocycles. The molecule has 24 heavy (non-hydrogen) atoms. The standard InChI is InChI=1S/C18H29N5O/c1-18(2,3)12-23-14-7-8-15(20-16(14)21(4)17(23)24)22-9-5-6-13(10-19)11-22/h7-8,13H,5-6,9-12,19H2,1-4H3. The molecule has 0 radical (unpaired) electrons. The normalized spacial score (nSPS) is 19.2. The number of fused-ring (bicyclic) bond motifs is 1. The Labute approximate surface area is 143 Å². The second-order valence-electron chi connectivity index (χ2n) is 8.19. The molecule has 3 heterocycles. The van der Waals surface area contributed by atoms with Gasteiger partial charge in [0.05, 0.1) is 5.52 Å². The van der Waals surface area contributed by atoms with Gasteiger partial charge in [0.1, 0.15) is 5.82 Å². The largest absolute Gasteiger partial charge is 0.356 e. The van der Waals surface area contributed by atoms with Crippen molar-refractivity contribution < 1.29 is 0 Å². The number of aromatic nitrogens is 3. The van der Waals surface area contributed by atoms with E-state index in [1.54, 1.807) is 11.6 Å². The lowest BCUT2D eigenvalue weighted by Gasteiger charge is -2.33. The van der Waals surface area contributed by atoms with Crippen molar-refractivity contribution in [2.75, 3.05) is 24.5 Å². The van der Waals surface area contributed by atoms with Gasteiger partial charge in [0, 0.05) is 26.7 Å². The topological polar surface area (TPSA) is 69.1 Å². The molecule has 1 atom stereocenters. The van der Waals surface area contributed by atoms with Crippen LogP contribution >= 0.6 is 0 Å². The second kappa shape index (κ2) is 6.24. The molecule has 132 valence electrons. The first-order valence-electron chi connectivity index (χ1n) is 8.81. The van der Waals surface area contributed by atoms with Gasteiger partial charge in [-0.05, 0) is 42.9 Å². The second-order valence-corrected chi connectivity index (χ2v) is 8.19. The van der Waals surface area contributed by atoms with Crippen molar-refractivity contribution >= 4 is 17.0 Å². The number of pyridine rings is 1. The van der Waals surface area contributed by atoms with Crippen LogP contribution in [0, 0.1) is 11.3 Å². The Morgan fingerprint density at radius 2 is 2.08 bits per heavy atom. The molecule has 0 spiro atoms. The van der Waals surface area contributed by atoms with E-state index < -0.39 is 0 Å². The van der Waals surface area contributed by atoms with Gasteiger partial charge in [0.2, 0.25) is 0 Å². The van der Waals surface area contributed by atoms with Crippen LogP contribution < -0.4 is 16.3 Å². The molecular formula is C18H29N5O. The Hall–Kier alpha value is -1.82. The van der Waals surface area contributed by atoms with Crippen LogP contribution in [0.1, 0.15) is 33.6 Å². The minimum absolute atomic E-state index is 0.00283. The van der Waals surface area contributed by atoms with Gasteiger partial charge < -0.3 is 10.6 Å². The quantitative estimate of drug-likeness (QED) is 0.933. The van der Waals surface area contributed by atoms with Gasteiger partial charge in [0.25, 0.3) is 0 Å². The Morgan fingerprint density at radius 3 is 2.75 bits per heavy atom. The Morgan fingerprint density at radius 1 is 1.33 bits per heavy atom. The van der Waals surface area contributed by atoms with E-state index >= 15 is 0 Å². The monoisotopic (exact) mass is 331 g/mol. The number of aryl methyl sites for hydroxylation is 1. The summed E-state index contributed by atoms with van der Waals surface area (Å²) in [6.45, 7) is 9.78. The van der Waals surface area contributed by atoms with E-state index in [9.17, 15) is 4.79 Å². The van der Waals surface area contributed by atoms with Crippen LogP contribution in [0.4, 0.5) is 5.82 Å². The van der Waals surface area contributed by atoms with E-state index in [1.165, 1.54) is 6.42 Å². The molecule has 6 heteroatoms. The summed E-state index contributed by atoms with van der Waals surface area (Å²) in [4.78, 5) is 19.7. The van der Waals surface area contributed by atoms with Crippen LogP contribution in [-0.2, 0) is 13.6 Å². The van der Waals surface area contributed by atoms with Crippen molar-refractivity contribution in [1.29, 1.82) is 0 Å². The average Bonchev–Trinajstić information content (AvgIpc) is 2.78. The highest BCUT2D eigenvalue weighted by atomic mass is 16.1. The molecule has 3 rings (SSSR count). The fourth-order valence-electron chi connectivity index (χ4n) is 3.53. The highest BCUT2D eigenvalue weighted by Gasteiger charge is 2.22. The molecule has 1 unspecified atom stereocenters. The van der Waals surface area contributed by atoms with Crippen LogP contribution in [0.3, 0.4) is 0 Å². The molecule has 0 amide bonds. The summed E-state index contributed by atoms with van der Waals surface area (Å²) in [6, 6.07) is 4.08. The summed E-state index contributed by atoms with van der Waals surface area (Å²) < 4.78 is 3.50. The number of nitrogens with zero attached hydrogens (tertiary/aromatic N) is 4. The summed E-state index contributed by atoms with van der Waals surface area (Å²) in [7, 11) is 1.81. The zero-order valence-electron chi connectivity index (χ0n) is 15.2. The first-order valence-corrected chi connectivity index (χ1v) is 8.81. The maximum absolute atomic E-state index is 12.6. The van der Waals surface area contributed by atoms with E-state index in [-0.39, 0.29) is 11.1 Å². The minimum atomic E-state index is 0.00283. The fourth-order valence-corrected chi connectivity index (χ4v) is 3.53. The van der Waals surface area contributed by atoms with Crippen molar-refractivity contribution in [2.45, 2.75) is 40.2 Å². The molecule has 2 aromatic heterocycles. The maximum atomic E-state index is 12.6. The first-order chi connectivity index (χ1) is 11.3. The van der Waals surface area contributed by atoms with Gasteiger partial charge >= 0.3 is 5.69 Å². The maximum Gasteiger partial charge on any atom is 0.330 e. The predicted molar refractivity (Wildman–Crippen MR) is 98.4 cm³/mol. The Kier molecular flexibility index (Phi) is 4.42. The third kappa shape index (κ3) is 3.20. The van der Waals surface area contributed by atoms with Crippen molar-refractivity contribution in [3.05, 3.63) is 22.6 Å². The third-order valence-electron chi connectivity index (χ3n) is 4.77. The van der Waals surface area contributed by atoms with Crippen molar-refractivity contribution in [3.8, 4) is 0 Å². The summed E-state index contributed by atoms with van der Waals surface area (Å²) >= 11 is 0. The minimum Gasteiger partial charge on any atom is -0.356 e. The van der Waals surface area contributed by atoms with Gasteiger partial charge in [-0.3, -0.25) is 9.13 Å². The van der Waals surface area contributed by atoms with Crippen LogP contribution in [0.2, 0.25) is 0 Å². The third-order valence-corrected chi connectivity index (χ3v) is 4.77. The van der Waals surface area contributed by atoms with E-state index in [2.05, 4.69) is 25.7 Å². The van der Waals surface area contributed by atoms with Gasteiger partial charge in [-0.25, -0.2) is 9.78 Å². The van der Waals surface area contributed by atoms with E-state index in [0.717, 1.165) is 43.0 Å². The van der Waals surface area contributed by atoms with Crippen LogP contribution in [0.5, 0.6) is 0 Å². The molecule has 1 aliphatic heterocycles. The first kappa shape index (κ1) is 17.0. The number of hydrogen-bond donors (Lipinski definition) is 1. The smallest absolute Gasteiger partial charge is 0.330 e. The van der Waals surface area contributed by atoms with Crippen LogP contribution in [-0.4, -0.2) is 33.8 Å². The SMILES string of the molecule is Cn1c(=O)n(CC(C)(C)C)c2ccc(N3CCCC(CN)C3)nc21. The lowest BCUT2D eigenvalue weighted by atomic mass is 9.97. The number of piperidine rings is 1. The number of rotatable bonds is 3. The van der Waals surface area contributed by atoms with Crippen molar-refractivity contribution in [2.24, 2.45) is 24.1 Å². The van der Waals surface area contributed by atoms with E-state index in [1.807, 2.05) is 16.7 Å². The van der Waals surface area contributed by atoms with Gasteiger partial charge in [0.15, 0.2) is 5.65 Å². The molecular weight excluding hydrogens is 302 g/mol. The summed E-state index contributed by atoms with van der Waals surface area (Å²) in [5, 5.41) is 0. The molecule has 1 fully saturated rings. The number of hydrogen-bond acceptors (Lipinski definition) is 4. The Bertz CT molecular complexity index is 783. The molecule has 2 N–H and O–H groups in total. The molecule has 1 saturated heterocycles. The number of anilines is 1. The number of imidazole rings is 1. The highest BCUT2D eigenvalue weighted by molar-refractivity contribution is 5.74. The molecule has 0 aromatic carbocycles. The molecule has 0 bridgehead atoms. The molecule has 0 saturated carbocycles. The van der Waals surface area contributed by atoms with Gasteiger partial charge in [-0.1, -0.05) is 20.8 Å². The summed E-state index contributed by atoms with van der Waals surface area (Å²) in [5.41, 5.74) is 7.56. The van der Waals surface area contributed by atoms with Gasteiger partial charge in [-0.2, -0.15) is 0 Å². The number of nitrogens with two attached hydrogens (primary N) is 1.